The van der Waals surface area contributed by atoms with Crippen LogP contribution < -0.4 is 20.5 Å². The second kappa shape index (κ2) is 17.4. The van der Waals surface area contributed by atoms with Gasteiger partial charge in [0.2, 0.25) is 11.7 Å². The number of carbonyl (C=O) groups is 2. The quantitative estimate of drug-likeness (QED) is 0.131. The molecule has 0 radical (unpaired) electrons. The van der Waals surface area contributed by atoms with Crippen LogP contribution in [0, 0.1) is 6.92 Å². The number of aryl methyl sites for hydroxylation is 1. The predicted molar refractivity (Wildman–Crippen MR) is 222 cm³/mol. The van der Waals surface area contributed by atoms with Crippen LogP contribution in [0.15, 0.2) is 84.0 Å². The second-order valence-corrected chi connectivity index (χ2v) is 15.0. The van der Waals surface area contributed by atoms with Crippen molar-refractivity contribution in [2.75, 3.05) is 36.4 Å². The van der Waals surface area contributed by atoms with Crippen LogP contribution in [0.3, 0.4) is 0 Å². The van der Waals surface area contributed by atoms with Crippen LogP contribution in [0.5, 0.6) is 5.75 Å². The van der Waals surface area contributed by atoms with Crippen LogP contribution in [0.4, 0.5) is 33.3 Å². The summed E-state index contributed by atoms with van der Waals surface area (Å²) in [6, 6.07) is 16.8. The summed E-state index contributed by atoms with van der Waals surface area (Å²) in [7, 11) is 0. The van der Waals surface area contributed by atoms with Gasteiger partial charge in [0.05, 0.1) is 39.4 Å². The Morgan fingerprint density at radius 3 is 2.44 bits per heavy atom. The minimum absolute atomic E-state index is 0.0197. The third kappa shape index (κ3) is 8.75. The molecule has 1 saturated heterocycles. The molecule has 0 saturated carbocycles. The van der Waals surface area contributed by atoms with E-state index in [1.54, 1.807) is 41.8 Å². The number of anilines is 2. The summed E-state index contributed by atoms with van der Waals surface area (Å²) < 4.78 is 76.2. The molecular weight excluding hydrogens is 853 g/mol. The molecule has 0 atom stereocenters. The molecule has 0 spiro atoms. The van der Waals surface area contributed by atoms with E-state index in [0.29, 0.717) is 33.9 Å². The van der Waals surface area contributed by atoms with Gasteiger partial charge in [0.25, 0.3) is 17.9 Å². The SMILES string of the molecule is CCc1c(N2CCN(C(=O)c3ncnc(C)c3OCc3ccccc3)CC2)c(=O)n2nc(-c3ccc4c(cnn4CC(F)F)c3)nc2n1CC(=O)Nc1ccc(C(F)(F)F)cc1Cl. The van der Waals surface area contributed by atoms with Gasteiger partial charge in [0.1, 0.15) is 31.7 Å². The smallest absolute Gasteiger partial charge is 0.416 e. The zero-order chi connectivity index (χ0) is 44.6. The first kappa shape index (κ1) is 42.7. The molecule has 2 amide bonds. The number of nitrogens with one attached hydrogen (secondary N) is 1. The minimum atomic E-state index is -4.66. The maximum Gasteiger partial charge on any atom is 0.416 e. The molecule has 8 rings (SSSR count). The molecule has 15 nitrogen and oxygen atoms in total. The van der Waals surface area contributed by atoms with E-state index in [-0.39, 0.29) is 84.6 Å². The summed E-state index contributed by atoms with van der Waals surface area (Å²) >= 11 is 6.17. The predicted octanol–water partition coefficient (Wildman–Crippen LogP) is 6.69. The molecule has 21 heteroatoms. The molecule has 0 aliphatic carbocycles. The van der Waals surface area contributed by atoms with Crippen molar-refractivity contribution in [1.82, 2.24) is 43.8 Å². The van der Waals surface area contributed by atoms with Gasteiger partial charge in [-0.05, 0) is 55.3 Å². The number of fused-ring (bicyclic) bond motifs is 2. The van der Waals surface area contributed by atoms with Crippen LogP contribution in [-0.4, -0.2) is 88.2 Å². The highest BCUT2D eigenvalue weighted by atomic mass is 35.5. The summed E-state index contributed by atoms with van der Waals surface area (Å²) in [5.41, 5.74) is 1.32. The van der Waals surface area contributed by atoms with Crippen molar-refractivity contribution < 1.29 is 36.3 Å². The van der Waals surface area contributed by atoms with Gasteiger partial charge >= 0.3 is 6.18 Å². The number of aromatic nitrogens is 8. The van der Waals surface area contributed by atoms with Gasteiger partial charge in [-0.1, -0.05) is 48.9 Å². The fourth-order valence-corrected chi connectivity index (χ4v) is 7.71. The molecule has 0 bridgehead atoms. The number of benzene rings is 3. The van der Waals surface area contributed by atoms with Gasteiger partial charge in [0.15, 0.2) is 17.3 Å². The third-order valence-corrected chi connectivity index (χ3v) is 10.8. The number of amides is 2. The van der Waals surface area contributed by atoms with E-state index in [0.717, 1.165) is 22.2 Å². The number of alkyl halides is 5. The molecule has 3 aromatic carbocycles. The van der Waals surface area contributed by atoms with Gasteiger partial charge in [0, 0.05) is 37.1 Å². The van der Waals surface area contributed by atoms with Crippen molar-refractivity contribution in [3.05, 3.63) is 123 Å². The topological polar surface area (TPSA) is 158 Å². The first-order valence-electron chi connectivity index (χ1n) is 19.7. The van der Waals surface area contributed by atoms with E-state index in [1.807, 2.05) is 30.3 Å². The lowest BCUT2D eigenvalue weighted by molar-refractivity contribution is -0.137. The number of halogens is 6. The Kier molecular flexibility index (Phi) is 11.8. The van der Waals surface area contributed by atoms with Crippen LogP contribution in [-0.2, 0) is 37.1 Å². The minimum Gasteiger partial charge on any atom is -0.485 e. The number of piperazine rings is 1. The van der Waals surface area contributed by atoms with Gasteiger partial charge in [-0.3, -0.25) is 19.1 Å². The number of nitrogens with zero attached hydrogens (tertiary/aromatic N) is 10. The highest BCUT2D eigenvalue weighted by Gasteiger charge is 2.33. The Hall–Kier alpha value is -6.96. The molecule has 1 aliphatic rings. The number of ether oxygens (including phenoxy) is 1. The molecule has 5 heterocycles. The Balaban J connectivity index is 1.12. The maximum atomic E-state index is 14.6. The molecule has 1 fully saturated rings. The first-order valence-corrected chi connectivity index (χ1v) is 20.0. The number of hydrogen-bond donors (Lipinski definition) is 1. The average molecular weight is 890 g/mol. The van der Waals surface area contributed by atoms with Crippen molar-refractivity contribution in [3.8, 4) is 17.1 Å². The summed E-state index contributed by atoms with van der Waals surface area (Å²) in [5, 5.41) is 11.4. The lowest BCUT2D eigenvalue weighted by atomic mass is 10.1. The highest BCUT2D eigenvalue weighted by Crippen LogP contribution is 2.34. The summed E-state index contributed by atoms with van der Waals surface area (Å²) in [5.74, 6) is -0.761. The second-order valence-electron chi connectivity index (χ2n) is 14.6. The van der Waals surface area contributed by atoms with Crippen LogP contribution in [0.1, 0.15) is 39.9 Å². The molecule has 1 N–H and O–H groups in total. The fraction of sp³-hybridized carbons (Fsp3) is 0.286. The van der Waals surface area contributed by atoms with Gasteiger partial charge < -0.3 is 24.4 Å². The Labute approximate surface area is 359 Å². The van der Waals surface area contributed by atoms with E-state index in [2.05, 4.69) is 30.5 Å². The molecule has 4 aromatic heterocycles. The van der Waals surface area contributed by atoms with Crippen LogP contribution >= 0.6 is 11.6 Å². The Morgan fingerprint density at radius 2 is 1.75 bits per heavy atom. The number of rotatable bonds is 12. The zero-order valence-electron chi connectivity index (χ0n) is 33.6. The van der Waals surface area contributed by atoms with Crippen LogP contribution in [0.25, 0.3) is 28.1 Å². The highest BCUT2D eigenvalue weighted by molar-refractivity contribution is 6.33. The molecular formula is C42H37ClF5N11O4. The molecule has 326 valence electrons. The maximum absolute atomic E-state index is 14.6. The van der Waals surface area contributed by atoms with Gasteiger partial charge in [-0.15, -0.1) is 5.10 Å². The van der Waals surface area contributed by atoms with Crippen molar-refractivity contribution in [2.45, 2.75) is 52.6 Å². The van der Waals surface area contributed by atoms with Crippen LogP contribution in [0.2, 0.25) is 5.02 Å². The van der Waals surface area contributed by atoms with Crippen molar-refractivity contribution in [2.24, 2.45) is 0 Å². The van der Waals surface area contributed by atoms with Crippen molar-refractivity contribution >= 4 is 51.5 Å². The lowest BCUT2D eigenvalue weighted by Crippen LogP contribution is -2.51. The largest absolute Gasteiger partial charge is 0.485 e. The average Bonchev–Trinajstić information content (AvgIpc) is 3.89. The van der Waals surface area contributed by atoms with E-state index >= 15 is 0 Å². The third-order valence-electron chi connectivity index (χ3n) is 10.5. The first-order chi connectivity index (χ1) is 30.2. The summed E-state index contributed by atoms with van der Waals surface area (Å²) in [6.45, 7) is 3.36. The summed E-state index contributed by atoms with van der Waals surface area (Å²) in [4.78, 5) is 58.9. The fourth-order valence-electron chi connectivity index (χ4n) is 7.48. The lowest BCUT2D eigenvalue weighted by Gasteiger charge is -2.36. The van der Waals surface area contributed by atoms with E-state index in [4.69, 9.17) is 16.3 Å². The zero-order valence-corrected chi connectivity index (χ0v) is 34.4. The van der Waals surface area contributed by atoms with E-state index < -0.39 is 42.7 Å². The Morgan fingerprint density at radius 1 is 0.984 bits per heavy atom. The number of hydrogen-bond acceptors (Lipinski definition) is 10. The van der Waals surface area contributed by atoms with Crippen molar-refractivity contribution in [3.63, 3.8) is 0 Å². The molecule has 0 unspecified atom stereocenters. The molecule has 63 heavy (non-hydrogen) atoms. The van der Waals surface area contributed by atoms with E-state index in [9.17, 15) is 36.3 Å². The normalized spacial score (nSPS) is 13.3. The standard InChI is InChI=1S/C42H37ClF5N11O4/c1-3-31-36(55-13-15-56(16-14-55)39(61)35-37(24(2)49-23-50-35)63-22-25-7-5-4-6-8-25)40(62)59-41(57(31)21-34(60)52-30-11-10-28(18-29(30)43)42(46,47)48)53-38(54-59)26-9-12-32-27(17-26)19-51-58(32)20-33(44)45/h4-12,17-19,23,33H,3,13-16,20-22H2,1-2H3,(H,52,60). The van der Waals surface area contributed by atoms with Gasteiger partial charge in [-0.2, -0.15) is 27.8 Å². The number of carbonyl (C=O) groups excluding carboxylic acids is 2. The molecule has 1 aliphatic heterocycles. The summed E-state index contributed by atoms with van der Waals surface area (Å²) in [6.07, 6.45) is -4.34. The van der Waals surface area contributed by atoms with Crippen molar-refractivity contribution in [1.29, 1.82) is 0 Å². The monoisotopic (exact) mass is 889 g/mol. The Bertz CT molecular complexity index is 2910. The van der Waals surface area contributed by atoms with E-state index in [1.165, 1.54) is 21.8 Å². The molecule has 7 aromatic rings. The van der Waals surface area contributed by atoms with Gasteiger partial charge in [-0.25, -0.2) is 18.7 Å².